The standard InChI is InChI=1S/C20H23N3O2S/c1-15(22-18(24)11-10-16-7-3-2-4-8-16)20(25)23-13-6-5-9-17(23)19-21-12-14-26-19/h2-4,7-8,10-12,14-15,17H,5-6,9,13H2,1H3,(H,22,24)/b11-10+. The number of hydrogen-bond donors (Lipinski definition) is 1. The zero-order chi connectivity index (χ0) is 18.4. The number of carbonyl (C=O) groups excluding carboxylic acids is 2. The van der Waals surface area contributed by atoms with Crippen LogP contribution in [0, 0.1) is 0 Å². The molecular formula is C20H23N3O2S. The van der Waals surface area contributed by atoms with Crippen LogP contribution < -0.4 is 5.32 Å². The Morgan fingerprint density at radius 2 is 2.12 bits per heavy atom. The minimum absolute atomic E-state index is 0.0236. The van der Waals surface area contributed by atoms with Gasteiger partial charge in [0.15, 0.2) is 0 Å². The van der Waals surface area contributed by atoms with Crippen molar-refractivity contribution in [2.24, 2.45) is 0 Å². The van der Waals surface area contributed by atoms with Crippen molar-refractivity contribution in [3.05, 3.63) is 58.6 Å². The number of amides is 2. The van der Waals surface area contributed by atoms with Gasteiger partial charge in [-0.25, -0.2) is 4.98 Å². The van der Waals surface area contributed by atoms with E-state index in [1.807, 2.05) is 40.6 Å². The molecule has 6 heteroatoms. The molecule has 26 heavy (non-hydrogen) atoms. The van der Waals surface area contributed by atoms with E-state index < -0.39 is 6.04 Å². The second-order valence-corrected chi connectivity index (χ2v) is 7.31. The zero-order valence-corrected chi connectivity index (χ0v) is 15.6. The highest BCUT2D eigenvalue weighted by Crippen LogP contribution is 2.32. The molecule has 2 amide bonds. The zero-order valence-electron chi connectivity index (χ0n) is 14.8. The number of carbonyl (C=O) groups is 2. The Kier molecular flexibility index (Phi) is 6.17. The summed E-state index contributed by atoms with van der Waals surface area (Å²) in [6.45, 7) is 2.45. The molecule has 1 aromatic carbocycles. The van der Waals surface area contributed by atoms with E-state index >= 15 is 0 Å². The van der Waals surface area contributed by atoms with E-state index in [9.17, 15) is 9.59 Å². The largest absolute Gasteiger partial charge is 0.341 e. The van der Waals surface area contributed by atoms with E-state index in [0.29, 0.717) is 6.54 Å². The predicted molar refractivity (Wildman–Crippen MR) is 103 cm³/mol. The second-order valence-electron chi connectivity index (χ2n) is 6.39. The molecule has 1 saturated heterocycles. The third-order valence-corrected chi connectivity index (χ3v) is 5.36. The number of benzene rings is 1. The first-order valence-corrected chi connectivity index (χ1v) is 9.76. The normalized spacial score (nSPS) is 18.7. The Morgan fingerprint density at radius 1 is 1.31 bits per heavy atom. The van der Waals surface area contributed by atoms with Crippen molar-refractivity contribution in [2.45, 2.75) is 38.3 Å². The summed E-state index contributed by atoms with van der Waals surface area (Å²) in [6.07, 6.45) is 7.99. The summed E-state index contributed by atoms with van der Waals surface area (Å²) in [4.78, 5) is 31.3. The Bertz CT molecular complexity index is 759. The number of nitrogens with one attached hydrogen (secondary N) is 1. The van der Waals surface area contributed by atoms with Gasteiger partial charge in [-0.15, -0.1) is 11.3 Å². The van der Waals surface area contributed by atoms with Crippen LogP contribution in [0.4, 0.5) is 0 Å². The quantitative estimate of drug-likeness (QED) is 0.822. The average Bonchev–Trinajstić information content (AvgIpc) is 3.21. The lowest BCUT2D eigenvalue weighted by atomic mass is 10.0. The molecule has 5 nitrogen and oxygen atoms in total. The molecule has 1 aromatic heterocycles. The lowest BCUT2D eigenvalue weighted by molar-refractivity contribution is -0.138. The number of nitrogens with zero attached hydrogens (tertiary/aromatic N) is 2. The maximum Gasteiger partial charge on any atom is 0.245 e. The molecule has 0 saturated carbocycles. The van der Waals surface area contributed by atoms with Crippen LogP contribution in [0.25, 0.3) is 6.08 Å². The van der Waals surface area contributed by atoms with Crippen molar-refractivity contribution in [1.29, 1.82) is 0 Å². The molecular weight excluding hydrogens is 346 g/mol. The van der Waals surface area contributed by atoms with E-state index in [4.69, 9.17) is 0 Å². The minimum Gasteiger partial charge on any atom is -0.341 e. The lowest BCUT2D eigenvalue weighted by Crippen LogP contribution is -2.49. The van der Waals surface area contributed by atoms with Crippen LogP contribution in [0.2, 0.25) is 0 Å². The second kappa shape index (κ2) is 8.76. The highest BCUT2D eigenvalue weighted by atomic mass is 32.1. The van der Waals surface area contributed by atoms with Gasteiger partial charge in [-0.1, -0.05) is 30.3 Å². The molecule has 0 spiro atoms. The maximum atomic E-state index is 12.9. The molecule has 3 rings (SSSR count). The summed E-state index contributed by atoms with van der Waals surface area (Å²) in [6, 6.07) is 9.06. The van der Waals surface area contributed by atoms with Gasteiger partial charge in [0.25, 0.3) is 0 Å². The van der Waals surface area contributed by atoms with Gasteiger partial charge in [0.1, 0.15) is 11.0 Å². The Labute approximate surface area is 157 Å². The molecule has 1 fully saturated rings. The monoisotopic (exact) mass is 369 g/mol. The summed E-state index contributed by atoms with van der Waals surface area (Å²) in [7, 11) is 0. The summed E-state index contributed by atoms with van der Waals surface area (Å²) >= 11 is 1.58. The molecule has 2 aromatic rings. The van der Waals surface area contributed by atoms with Gasteiger partial charge >= 0.3 is 0 Å². The Morgan fingerprint density at radius 3 is 2.85 bits per heavy atom. The summed E-state index contributed by atoms with van der Waals surface area (Å²) in [5, 5.41) is 5.69. The van der Waals surface area contributed by atoms with Crippen LogP contribution in [0.1, 0.15) is 42.8 Å². The topological polar surface area (TPSA) is 62.3 Å². The van der Waals surface area contributed by atoms with Crippen molar-refractivity contribution in [3.8, 4) is 0 Å². The van der Waals surface area contributed by atoms with E-state index in [1.54, 1.807) is 30.5 Å². The number of hydrogen-bond acceptors (Lipinski definition) is 4. The van der Waals surface area contributed by atoms with Gasteiger partial charge in [0, 0.05) is 24.2 Å². The Balaban J connectivity index is 1.61. The highest BCUT2D eigenvalue weighted by Gasteiger charge is 2.32. The van der Waals surface area contributed by atoms with Gasteiger partial charge in [-0.3, -0.25) is 9.59 Å². The molecule has 1 aliphatic heterocycles. The molecule has 1 N–H and O–H groups in total. The average molecular weight is 369 g/mol. The SMILES string of the molecule is CC(NC(=O)/C=C/c1ccccc1)C(=O)N1CCCCC1c1nccs1. The van der Waals surface area contributed by atoms with Crippen LogP contribution in [0.5, 0.6) is 0 Å². The molecule has 0 aliphatic carbocycles. The van der Waals surface area contributed by atoms with Crippen molar-refractivity contribution in [1.82, 2.24) is 15.2 Å². The summed E-state index contributed by atoms with van der Waals surface area (Å²) in [5.41, 5.74) is 0.946. The Hall–Kier alpha value is -2.47. The van der Waals surface area contributed by atoms with Crippen molar-refractivity contribution >= 4 is 29.2 Å². The molecule has 2 unspecified atom stereocenters. The number of likely N-dealkylation sites (tertiary alicyclic amines) is 1. The molecule has 1 aliphatic rings. The first-order valence-electron chi connectivity index (χ1n) is 8.88. The van der Waals surface area contributed by atoms with Crippen LogP contribution in [0.3, 0.4) is 0 Å². The van der Waals surface area contributed by atoms with Crippen molar-refractivity contribution in [2.75, 3.05) is 6.54 Å². The molecule has 2 atom stereocenters. The summed E-state index contributed by atoms with van der Waals surface area (Å²) < 4.78 is 0. The van der Waals surface area contributed by atoms with Gasteiger partial charge in [0.2, 0.25) is 11.8 Å². The number of aromatic nitrogens is 1. The van der Waals surface area contributed by atoms with Crippen molar-refractivity contribution < 1.29 is 9.59 Å². The third kappa shape index (κ3) is 4.58. The fourth-order valence-corrected chi connectivity index (χ4v) is 3.94. The van der Waals surface area contributed by atoms with E-state index in [-0.39, 0.29) is 17.9 Å². The number of rotatable bonds is 5. The lowest BCUT2D eigenvalue weighted by Gasteiger charge is -2.36. The molecule has 0 radical (unpaired) electrons. The van der Waals surface area contributed by atoms with Gasteiger partial charge in [-0.05, 0) is 37.8 Å². The maximum absolute atomic E-state index is 12.9. The highest BCUT2D eigenvalue weighted by molar-refractivity contribution is 7.09. The first-order chi connectivity index (χ1) is 12.6. The minimum atomic E-state index is -0.566. The molecule has 136 valence electrons. The van der Waals surface area contributed by atoms with E-state index in [1.165, 1.54) is 6.08 Å². The third-order valence-electron chi connectivity index (χ3n) is 4.48. The fourth-order valence-electron chi connectivity index (χ4n) is 3.16. The van der Waals surface area contributed by atoms with Crippen LogP contribution in [-0.2, 0) is 9.59 Å². The number of piperidine rings is 1. The van der Waals surface area contributed by atoms with E-state index in [2.05, 4.69) is 10.3 Å². The number of thiazole rings is 1. The van der Waals surface area contributed by atoms with Gasteiger partial charge in [0.05, 0.1) is 6.04 Å². The van der Waals surface area contributed by atoms with Gasteiger partial charge in [-0.2, -0.15) is 0 Å². The summed E-state index contributed by atoms with van der Waals surface area (Å²) in [5.74, 6) is -0.316. The first kappa shape index (κ1) is 18.3. The van der Waals surface area contributed by atoms with Crippen molar-refractivity contribution in [3.63, 3.8) is 0 Å². The molecule has 2 heterocycles. The fraction of sp³-hybridized carbons (Fsp3) is 0.350. The smallest absolute Gasteiger partial charge is 0.245 e. The van der Waals surface area contributed by atoms with Crippen LogP contribution in [0.15, 0.2) is 48.0 Å². The molecule has 0 bridgehead atoms. The van der Waals surface area contributed by atoms with Crippen LogP contribution in [-0.4, -0.2) is 34.3 Å². The van der Waals surface area contributed by atoms with Crippen LogP contribution >= 0.6 is 11.3 Å². The van der Waals surface area contributed by atoms with Gasteiger partial charge < -0.3 is 10.2 Å². The van der Waals surface area contributed by atoms with E-state index in [0.717, 1.165) is 29.8 Å². The predicted octanol–water partition coefficient (Wildman–Crippen LogP) is 3.41.